The van der Waals surface area contributed by atoms with Crippen molar-refractivity contribution in [3.8, 4) is 0 Å². The molecule has 0 saturated carbocycles. The Hall–Kier alpha value is -2.31. The van der Waals surface area contributed by atoms with Gasteiger partial charge < -0.3 is 21.5 Å². The van der Waals surface area contributed by atoms with Crippen LogP contribution < -0.4 is 16.4 Å². The van der Waals surface area contributed by atoms with Crippen LogP contribution in [0.5, 0.6) is 0 Å². The Balaban J connectivity index is 2.62. The quantitative estimate of drug-likeness (QED) is 0.597. The fourth-order valence-corrected chi connectivity index (χ4v) is 1.33. The molecule has 5 N–H and O–H groups in total. The summed E-state index contributed by atoms with van der Waals surface area (Å²) in [7, 11) is 0. The Bertz CT molecular complexity index is 474. The van der Waals surface area contributed by atoms with Gasteiger partial charge in [0.05, 0.1) is 18.4 Å². The molecule has 1 amide bonds. The average molecular weight is 266 g/mol. The number of hydrogen-bond donors (Lipinski definition) is 4. The molecule has 1 aromatic heterocycles. The number of rotatable bonds is 6. The lowest BCUT2D eigenvalue weighted by Crippen LogP contribution is -2.33. The maximum absolute atomic E-state index is 11.5. The molecular weight excluding hydrogens is 248 g/mol. The zero-order valence-electron chi connectivity index (χ0n) is 10.9. The largest absolute Gasteiger partial charge is 0.478 e. The highest BCUT2D eigenvalue weighted by Gasteiger charge is 2.12. The summed E-state index contributed by atoms with van der Waals surface area (Å²) in [5, 5.41) is 14.4. The Kier molecular flexibility index (Phi) is 5.11. The van der Waals surface area contributed by atoms with Crippen molar-refractivity contribution in [2.45, 2.75) is 13.8 Å². The normalized spacial score (nSPS) is 10.3. The lowest BCUT2D eigenvalue weighted by Gasteiger charge is -2.10. The first-order valence-electron chi connectivity index (χ1n) is 5.89. The number of carboxylic acids is 1. The first-order valence-corrected chi connectivity index (χ1v) is 5.89. The Morgan fingerprint density at radius 3 is 2.74 bits per heavy atom. The van der Waals surface area contributed by atoms with Crippen molar-refractivity contribution in [3.05, 3.63) is 17.8 Å². The molecule has 19 heavy (non-hydrogen) atoms. The van der Waals surface area contributed by atoms with Crippen LogP contribution in [0.25, 0.3) is 0 Å². The van der Waals surface area contributed by atoms with Gasteiger partial charge in [-0.05, 0) is 12.0 Å². The number of pyridine rings is 1. The molecule has 0 aliphatic heterocycles. The molecule has 1 rings (SSSR count). The molecule has 1 aromatic rings. The van der Waals surface area contributed by atoms with Crippen molar-refractivity contribution in [2.24, 2.45) is 5.92 Å². The molecule has 0 unspecified atom stereocenters. The van der Waals surface area contributed by atoms with Crippen LogP contribution in [0.4, 0.5) is 11.5 Å². The van der Waals surface area contributed by atoms with Gasteiger partial charge in [-0.3, -0.25) is 4.79 Å². The van der Waals surface area contributed by atoms with Crippen LogP contribution in [0.15, 0.2) is 12.3 Å². The second-order valence-corrected chi connectivity index (χ2v) is 4.52. The molecule has 0 saturated heterocycles. The predicted octanol–water partition coefficient (Wildman–Crippen LogP) is 0.546. The second kappa shape index (κ2) is 6.58. The molecule has 0 aliphatic carbocycles. The summed E-state index contributed by atoms with van der Waals surface area (Å²) >= 11 is 0. The van der Waals surface area contributed by atoms with E-state index in [1.807, 2.05) is 13.8 Å². The topological polar surface area (TPSA) is 117 Å². The zero-order valence-corrected chi connectivity index (χ0v) is 10.9. The average Bonchev–Trinajstić information content (AvgIpc) is 2.34. The number of carbonyl (C=O) groups excluding carboxylic acids is 1. The van der Waals surface area contributed by atoms with Crippen LogP contribution in [0, 0.1) is 5.92 Å². The lowest BCUT2D eigenvalue weighted by atomic mass is 10.2. The van der Waals surface area contributed by atoms with Gasteiger partial charge in [0.2, 0.25) is 5.91 Å². The molecule has 1 heterocycles. The van der Waals surface area contributed by atoms with E-state index in [1.54, 1.807) is 0 Å². The number of aromatic nitrogens is 1. The van der Waals surface area contributed by atoms with Crippen molar-refractivity contribution in [1.29, 1.82) is 0 Å². The summed E-state index contributed by atoms with van der Waals surface area (Å²) in [6, 6.07) is 1.30. The van der Waals surface area contributed by atoms with Crippen LogP contribution >= 0.6 is 0 Å². The number of carboxylic acid groups (broad SMARTS) is 1. The van der Waals surface area contributed by atoms with Gasteiger partial charge in [-0.2, -0.15) is 0 Å². The first-order chi connectivity index (χ1) is 8.90. The summed E-state index contributed by atoms with van der Waals surface area (Å²) in [5.74, 6) is -0.886. The Morgan fingerprint density at radius 1 is 1.47 bits per heavy atom. The van der Waals surface area contributed by atoms with E-state index in [1.165, 1.54) is 12.3 Å². The number of nitrogens with two attached hydrogens (primary N) is 1. The number of nitrogens with zero attached hydrogens (tertiary/aromatic N) is 1. The predicted molar refractivity (Wildman–Crippen MR) is 71.9 cm³/mol. The molecule has 0 bridgehead atoms. The first kappa shape index (κ1) is 14.7. The van der Waals surface area contributed by atoms with Crippen molar-refractivity contribution in [3.63, 3.8) is 0 Å². The van der Waals surface area contributed by atoms with E-state index in [4.69, 9.17) is 10.8 Å². The minimum Gasteiger partial charge on any atom is -0.478 e. The zero-order chi connectivity index (χ0) is 14.4. The molecule has 0 spiro atoms. The van der Waals surface area contributed by atoms with Crippen LogP contribution in [0.1, 0.15) is 24.2 Å². The Labute approximate surface area is 111 Å². The van der Waals surface area contributed by atoms with Gasteiger partial charge in [0.25, 0.3) is 0 Å². The van der Waals surface area contributed by atoms with Crippen LogP contribution in [-0.4, -0.2) is 35.1 Å². The molecule has 104 valence electrons. The van der Waals surface area contributed by atoms with Gasteiger partial charge in [0, 0.05) is 6.54 Å². The van der Waals surface area contributed by atoms with Gasteiger partial charge >= 0.3 is 5.97 Å². The fraction of sp³-hybridized carbons (Fsp3) is 0.417. The number of carbonyl (C=O) groups is 2. The molecule has 0 radical (unpaired) electrons. The number of hydrogen-bond acceptors (Lipinski definition) is 5. The maximum atomic E-state index is 11.5. The minimum atomic E-state index is -1.15. The number of anilines is 2. The van der Waals surface area contributed by atoms with Gasteiger partial charge in [-0.1, -0.05) is 13.8 Å². The highest BCUT2D eigenvalue weighted by atomic mass is 16.4. The van der Waals surface area contributed by atoms with Crippen molar-refractivity contribution in [2.75, 3.05) is 24.1 Å². The number of amides is 1. The van der Waals surface area contributed by atoms with E-state index >= 15 is 0 Å². The summed E-state index contributed by atoms with van der Waals surface area (Å²) in [5.41, 5.74) is 5.67. The second-order valence-electron chi connectivity index (χ2n) is 4.52. The van der Waals surface area contributed by atoms with Crippen molar-refractivity contribution >= 4 is 23.4 Å². The van der Waals surface area contributed by atoms with E-state index in [0.29, 0.717) is 12.5 Å². The summed E-state index contributed by atoms with van der Waals surface area (Å²) < 4.78 is 0. The third-order valence-corrected chi connectivity index (χ3v) is 2.26. The monoisotopic (exact) mass is 266 g/mol. The van der Waals surface area contributed by atoms with E-state index in [0.717, 1.165) is 0 Å². The van der Waals surface area contributed by atoms with Gasteiger partial charge in [-0.15, -0.1) is 0 Å². The van der Waals surface area contributed by atoms with Gasteiger partial charge in [0.15, 0.2) is 0 Å². The summed E-state index contributed by atoms with van der Waals surface area (Å²) in [4.78, 5) is 26.4. The van der Waals surface area contributed by atoms with Crippen molar-refractivity contribution in [1.82, 2.24) is 10.3 Å². The summed E-state index contributed by atoms with van der Waals surface area (Å²) in [6.45, 7) is 4.50. The molecular formula is C12H18N4O3. The standard InChI is InChI=1S/C12H18N4O3/c1-7(2)4-14-10(17)6-16-11-9(12(18)19)3-8(13)5-15-11/h3,5,7H,4,6,13H2,1-2H3,(H,14,17)(H,15,16)(H,18,19). The highest BCUT2D eigenvalue weighted by Crippen LogP contribution is 2.14. The molecule has 0 aromatic carbocycles. The van der Waals surface area contributed by atoms with Crippen LogP contribution in [0.2, 0.25) is 0 Å². The van der Waals surface area contributed by atoms with Crippen LogP contribution in [-0.2, 0) is 4.79 Å². The number of nitrogens with one attached hydrogen (secondary N) is 2. The summed E-state index contributed by atoms with van der Waals surface area (Å²) in [6.07, 6.45) is 1.33. The Morgan fingerprint density at radius 2 is 2.16 bits per heavy atom. The number of nitrogen functional groups attached to an aromatic ring is 1. The van der Waals surface area contributed by atoms with E-state index in [9.17, 15) is 9.59 Å². The van der Waals surface area contributed by atoms with Crippen LogP contribution in [0.3, 0.4) is 0 Å². The molecule has 0 atom stereocenters. The molecule has 0 aliphatic rings. The van der Waals surface area contributed by atoms with E-state index in [2.05, 4.69) is 15.6 Å². The highest BCUT2D eigenvalue weighted by molar-refractivity contribution is 5.94. The maximum Gasteiger partial charge on any atom is 0.339 e. The third kappa shape index (κ3) is 4.82. The lowest BCUT2D eigenvalue weighted by molar-refractivity contribution is -0.119. The van der Waals surface area contributed by atoms with Gasteiger partial charge in [0.1, 0.15) is 11.4 Å². The molecule has 7 nitrogen and oxygen atoms in total. The fourth-order valence-electron chi connectivity index (χ4n) is 1.33. The SMILES string of the molecule is CC(C)CNC(=O)CNc1ncc(N)cc1C(=O)O. The smallest absolute Gasteiger partial charge is 0.339 e. The van der Waals surface area contributed by atoms with Gasteiger partial charge in [-0.25, -0.2) is 9.78 Å². The van der Waals surface area contributed by atoms with Crippen molar-refractivity contribution < 1.29 is 14.7 Å². The number of aromatic carboxylic acids is 1. The molecule has 7 heteroatoms. The van der Waals surface area contributed by atoms with E-state index in [-0.39, 0.29) is 29.5 Å². The minimum absolute atomic E-state index is 0.0378. The van der Waals surface area contributed by atoms with E-state index < -0.39 is 5.97 Å². The third-order valence-electron chi connectivity index (χ3n) is 2.26. The molecule has 0 fully saturated rings.